The Morgan fingerprint density at radius 2 is 1.89 bits per heavy atom. The molecule has 1 aliphatic heterocycles. The van der Waals surface area contributed by atoms with E-state index in [1.165, 1.54) is 0 Å². The molecule has 2 heterocycles. The van der Waals surface area contributed by atoms with Gasteiger partial charge in [-0.05, 0) is 12.1 Å². The molecule has 0 spiro atoms. The van der Waals surface area contributed by atoms with Gasteiger partial charge in [0.2, 0.25) is 0 Å². The Balaban J connectivity index is 2.07. The van der Waals surface area contributed by atoms with E-state index >= 15 is 0 Å². The Bertz CT molecular complexity index is 425. The van der Waals surface area contributed by atoms with Gasteiger partial charge in [0.05, 0.1) is 0 Å². The first-order chi connectivity index (χ1) is 9.19. The van der Waals surface area contributed by atoms with Crippen LogP contribution in [0.25, 0.3) is 0 Å². The van der Waals surface area contributed by atoms with E-state index in [0.29, 0.717) is 24.6 Å². The number of nitrogens with one attached hydrogen (secondary N) is 1. The van der Waals surface area contributed by atoms with Crippen molar-refractivity contribution in [1.82, 2.24) is 15.1 Å². The van der Waals surface area contributed by atoms with E-state index in [4.69, 9.17) is 9.47 Å². The van der Waals surface area contributed by atoms with Crippen molar-refractivity contribution in [1.29, 1.82) is 0 Å². The number of rotatable bonds is 4. The zero-order chi connectivity index (χ0) is 13.8. The lowest BCUT2D eigenvalue weighted by Gasteiger charge is -2.14. The number of methoxy groups -OCH3 is 2. The minimum Gasteiger partial charge on any atom is -0.377 e. The first kappa shape index (κ1) is 13.7. The highest BCUT2D eigenvalue weighted by molar-refractivity contribution is 5.92. The topological polar surface area (TPSA) is 76.6 Å². The Morgan fingerprint density at radius 3 is 2.32 bits per heavy atom. The highest BCUT2D eigenvalue weighted by Gasteiger charge is 2.36. The maximum absolute atomic E-state index is 12.3. The van der Waals surface area contributed by atoms with Crippen LogP contribution in [0.1, 0.15) is 10.5 Å². The quantitative estimate of drug-likeness (QED) is 0.827. The smallest absolute Gasteiger partial charge is 0.274 e. The summed E-state index contributed by atoms with van der Waals surface area (Å²) in [6.45, 7) is 1.01. The van der Waals surface area contributed by atoms with Crippen molar-refractivity contribution < 1.29 is 14.3 Å². The molecular formula is C12H18N4O3. The number of hydrogen-bond donors (Lipinski definition) is 1. The molecule has 2 rings (SSSR count). The fourth-order valence-electron chi connectivity index (χ4n) is 2.10. The van der Waals surface area contributed by atoms with E-state index in [1.54, 1.807) is 38.3 Å². The maximum atomic E-state index is 12.3. The first-order valence-corrected chi connectivity index (χ1v) is 6.06. The average molecular weight is 266 g/mol. The predicted octanol–water partition coefficient (Wildman–Crippen LogP) is 0.00410. The van der Waals surface area contributed by atoms with Crippen LogP contribution in [-0.2, 0) is 9.47 Å². The molecule has 0 bridgehead atoms. The average Bonchev–Trinajstić information content (AvgIpc) is 2.89. The molecule has 1 fully saturated rings. The van der Waals surface area contributed by atoms with Crippen LogP contribution >= 0.6 is 0 Å². The van der Waals surface area contributed by atoms with E-state index < -0.39 is 0 Å². The van der Waals surface area contributed by atoms with Crippen molar-refractivity contribution >= 4 is 11.7 Å². The van der Waals surface area contributed by atoms with Crippen LogP contribution < -0.4 is 5.32 Å². The molecule has 0 radical (unpaired) electrons. The summed E-state index contributed by atoms with van der Waals surface area (Å²) < 4.78 is 10.6. The number of anilines is 1. The molecule has 2 atom stereocenters. The lowest BCUT2D eigenvalue weighted by molar-refractivity contribution is -0.00461. The number of ether oxygens (including phenoxy) is 2. The maximum Gasteiger partial charge on any atom is 0.274 e. The third kappa shape index (κ3) is 2.82. The Labute approximate surface area is 111 Å². The minimum absolute atomic E-state index is 0.0986. The second-order valence-electron chi connectivity index (χ2n) is 4.31. The van der Waals surface area contributed by atoms with Crippen LogP contribution in [0.3, 0.4) is 0 Å². The number of likely N-dealkylation sites (tertiary alicyclic amines) is 1. The summed E-state index contributed by atoms with van der Waals surface area (Å²) in [6, 6.07) is 3.38. The summed E-state index contributed by atoms with van der Waals surface area (Å²) in [6.07, 6.45) is -0.197. The second kappa shape index (κ2) is 5.94. The molecule has 7 nitrogen and oxygen atoms in total. The van der Waals surface area contributed by atoms with Gasteiger partial charge in [-0.25, -0.2) is 0 Å². The Hall–Kier alpha value is -1.73. The van der Waals surface area contributed by atoms with Gasteiger partial charge in [-0.15, -0.1) is 10.2 Å². The van der Waals surface area contributed by atoms with Gasteiger partial charge in [0.25, 0.3) is 5.91 Å². The monoisotopic (exact) mass is 266 g/mol. The van der Waals surface area contributed by atoms with Gasteiger partial charge < -0.3 is 19.7 Å². The van der Waals surface area contributed by atoms with Crippen LogP contribution in [0.2, 0.25) is 0 Å². The molecule has 1 aliphatic rings. The zero-order valence-corrected chi connectivity index (χ0v) is 11.3. The number of hydrogen-bond acceptors (Lipinski definition) is 6. The van der Waals surface area contributed by atoms with Crippen molar-refractivity contribution in [3.63, 3.8) is 0 Å². The number of aromatic nitrogens is 2. The minimum atomic E-state index is -0.156. The summed E-state index contributed by atoms with van der Waals surface area (Å²) in [5.74, 6) is 0.472. The summed E-state index contributed by atoms with van der Waals surface area (Å²) in [5.41, 5.74) is 0.325. The largest absolute Gasteiger partial charge is 0.377 e. The van der Waals surface area contributed by atoms with Gasteiger partial charge in [-0.3, -0.25) is 4.79 Å². The lowest BCUT2D eigenvalue weighted by atomic mass is 10.3. The predicted molar refractivity (Wildman–Crippen MR) is 69.1 cm³/mol. The van der Waals surface area contributed by atoms with Crippen molar-refractivity contribution in [3.05, 3.63) is 17.8 Å². The molecule has 104 valence electrons. The SMILES string of the molecule is CNc1ccc(C(=O)N2CC(OC)C(OC)C2)nn1. The molecule has 1 amide bonds. The van der Waals surface area contributed by atoms with Gasteiger partial charge in [0, 0.05) is 34.4 Å². The van der Waals surface area contributed by atoms with Gasteiger partial charge in [0.15, 0.2) is 5.69 Å². The third-order valence-corrected chi connectivity index (χ3v) is 3.25. The van der Waals surface area contributed by atoms with Gasteiger partial charge >= 0.3 is 0 Å². The summed E-state index contributed by atoms with van der Waals surface area (Å²) in [5, 5.41) is 10.7. The van der Waals surface area contributed by atoms with Crippen molar-refractivity contribution in [3.8, 4) is 0 Å². The van der Waals surface area contributed by atoms with Gasteiger partial charge in [-0.2, -0.15) is 0 Å². The standard InChI is InChI=1S/C12H18N4O3/c1-13-11-5-4-8(14-15-11)12(17)16-6-9(18-2)10(7-16)19-3/h4-5,9-10H,6-7H2,1-3H3,(H,13,15). The molecule has 2 unspecified atom stereocenters. The first-order valence-electron chi connectivity index (χ1n) is 6.06. The highest BCUT2D eigenvalue weighted by atomic mass is 16.5. The fourth-order valence-corrected chi connectivity index (χ4v) is 2.10. The molecule has 0 aliphatic carbocycles. The molecular weight excluding hydrogens is 248 g/mol. The van der Waals surface area contributed by atoms with E-state index in [1.807, 2.05) is 0 Å². The Morgan fingerprint density at radius 1 is 1.26 bits per heavy atom. The van der Waals surface area contributed by atoms with Crippen molar-refractivity contribution in [2.24, 2.45) is 0 Å². The zero-order valence-electron chi connectivity index (χ0n) is 11.3. The summed E-state index contributed by atoms with van der Waals surface area (Å²) in [7, 11) is 4.98. The van der Waals surface area contributed by atoms with E-state index in [0.717, 1.165) is 0 Å². The fraction of sp³-hybridized carbons (Fsp3) is 0.583. The molecule has 1 saturated heterocycles. The second-order valence-corrected chi connectivity index (χ2v) is 4.31. The Kier molecular flexibility index (Phi) is 4.28. The van der Waals surface area contributed by atoms with Crippen molar-refractivity contribution in [2.45, 2.75) is 12.2 Å². The molecule has 19 heavy (non-hydrogen) atoms. The number of nitrogens with zero attached hydrogens (tertiary/aromatic N) is 3. The van der Waals surface area contributed by atoms with Crippen molar-refractivity contribution in [2.75, 3.05) is 39.7 Å². The van der Waals surface area contributed by atoms with E-state index in [-0.39, 0.29) is 18.1 Å². The normalized spacial score (nSPS) is 22.6. The summed E-state index contributed by atoms with van der Waals surface area (Å²) in [4.78, 5) is 13.9. The van der Waals surface area contributed by atoms with Crippen LogP contribution in [0.5, 0.6) is 0 Å². The van der Waals surface area contributed by atoms with Crippen LogP contribution in [0, 0.1) is 0 Å². The van der Waals surface area contributed by atoms with E-state index in [9.17, 15) is 4.79 Å². The van der Waals surface area contributed by atoms with Crippen LogP contribution in [0.15, 0.2) is 12.1 Å². The number of amides is 1. The van der Waals surface area contributed by atoms with Crippen LogP contribution in [0.4, 0.5) is 5.82 Å². The molecule has 0 saturated carbocycles. The number of carbonyl (C=O) groups excluding carboxylic acids is 1. The lowest BCUT2D eigenvalue weighted by Crippen LogP contribution is -2.30. The van der Waals surface area contributed by atoms with Crippen LogP contribution in [-0.4, -0.2) is 67.6 Å². The summed E-state index contributed by atoms with van der Waals surface area (Å²) >= 11 is 0. The third-order valence-electron chi connectivity index (χ3n) is 3.25. The van der Waals surface area contributed by atoms with Gasteiger partial charge in [-0.1, -0.05) is 0 Å². The number of carbonyl (C=O) groups is 1. The molecule has 7 heteroatoms. The van der Waals surface area contributed by atoms with E-state index in [2.05, 4.69) is 15.5 Å². The highest BCUT2D eigenvalue weighted by Crippen LogP contribution is 2.17. The molecule has 0 aromatic carbocycles. The van der Waals surface area contributed by atoms with Gasteiger partial charge in [0.1, 0.15) is 18.0 Å². The molecule has 1 N–H and O–H groups in total. The molecule has 1 aromatic rings. The molecule has 1 aromatic heterocycles.